The number of aliphatic imine (C=N–C) groups is 2. The van der Waals surface area contributed by atoms with Gasteiger partial charge in [-0.25, -0.2) is 9.98 Å². The lowest BCUT2D eigenvalue weighted by Gasteiger charge is -2.35. The first kappa shape index (κ1) is 22.7. The molecule has 1 aromatic rings. The Kier molecular flexibility index (Phi) is 6.44. The minimum absolute atomic E-state index is 0.00793. The maximum Gasteiger partial charge on any atom is 0.250 e. The molecule has 0 spiro atoms. The van der Waals surface area contributed by atoms with Crippen LogP contribution in [0.3, 0.4) is 0 Å². The van der Waals surface area contributed by atoms with Crippen molar-refractivity contribution in [1.82, 2.24) is 4.90 Å². The molecule has 4 aliphatic rings. The van der Waals surface area contributed by atoms with Crippen molar-refractivity contribution in [2.75, 3.05) is 26.3 Å². The Hall–Kier alpha value is -3.09. The van der Waals surface area contributed by atoms with Crippen molar-refractivity contribution >= 4 is 35.8 Å². The van der Waals surface area contributed by atoms with Crippen molar-refractivity contribution in [2.45, 2.75) is 25.9 Å². The Balaban J connectivity index is 1.45. The number of amidine groups is 1. The molecule has 1 fully saturated rings. The van der Waals surface area contributed by atoms with Crippen LogP contribution in [0.5, 0.6) is 0 Å². The molecular formula is C28H31N3O3. The second-order valence-corrected chi connectivity index (χ2v) is 9.29. The fourth-order valence-corrected chi connectivity index (χ4v) is 5.21. The number of amides is 1. The molecule has 176 valence electrons. The molecule has 0 saturated carbocycles. The van der Waals surface area contributed by atoms with Gasteiger partial charge >= 0.3 is 0 Å². The predicted molar refractivity (Wildman–Crippen MR) is 136 cm³/mol. The molecular weight excluding hydrogens is 426 g/mol. The van der Waals surface area contributed by atoms with Crippen LogP contribution in [0.4, 0.5) is 5.69 Å². The summed E-state index contributed by atoms with van der Waals surface area (Å²) < 4.78 is 5.39. The standard InChI is InChI=1S/C28H31N3O3/c1-3-18-4-6-21-14-19(8-9-24(21)27(18)32)20-5-7-22-15-23(17-26(29-2)30-25(22)16-20)28(33)31-10-12-34-13-11-31/h4-9,14-16,18,21,24,27,32H,2-3,10-13,17H2,1H3/t18-,21?,24?,27?/m1/s1. The van der Waals surface area contributed by atoms with E-state index in [0.717, 1.165) is 28.8 Å². The Labute approximate surface area is 200 Å². The van der Waals surface area contributed by atoms with Gasteiger partial charge in [0.25, 0.3) is 0 Å². The van der Waals surface area contributed by atoms with Crippen LogP contribution in [0.2, 0.25) is 0 Å². The van der Waals surface area contributed by atoms with E-state index in [9.17, 15) is 9.90 Å². The van der Waals surface area contributed by atoms with Gasteiger partial charge < -0.3 is 14.7 Å². The minimum Gasteiger partial charge on any atom is -0.392 e. The summed E-state index contributed by atoms with van der Waals surface area (Å²) in [6, 6.07) is 6.14. The van der Waals surface area contributed by atoms with Gasteiger partial charge in [0.05, 0.1) is 25.0 Å². The number of carbonyl (C=O) groups excluding carboxylic acids is 1. The number of morpholine rings is 1. The monoisotopic (exact) mass is 457 g/mol. The summed E-state index contributed by atoms with van der Waals surface area (Å²) in [7, 11) is 0. The summed E-state index contributed by atoms with van der Waals surface area (Å²) in [6.45, 7) is 8.12. The average Bonchev–Trinajstić information content (AvgIpc) is 3.07. The Morgan fingerprint density at radius 3 is 2.85 bits per heavy atom. The molecule has 6 nitrogen and oxygen atoms in total. The number of allylic oxidation sites excluding steroid dienone is 4. The second-order valence-electron chi connectivity index (χ2n) is 9.29. The zero-order valence-electron chi connectivity index (χ0n) is 19.6. The number of rotatable bonds is 3. The van der Waals surface area contributed by atoms with Crippen molar-refractivity contribution in [3.8, 4) is 0 Å². The maximum atomic E-state index is 13.1. The lowest BCUT2D eigenvalue weighted by atomic mass is 9.72. The largest absolute Gasteiger partial charge is 0.392 e. The molecule has 0 bridgehead atoms. The van der Waals surface area contributed by atoms with Gasteiger partial charge in [-0.05, 0) is 36.4 Å². The van der Waals surface area contributed by atoms with Crippen molar-refractivity contribution < 1.29 is 14.6 Å². The third kappa shape index (κ3) is 4.36. The van der Waals surface area contributed by atoms with Crippen LogP contribution in [-0.2, 0) is 9.53 Å². The van der Waals surface area contributed by atoms with Gasteiger partial charge in [0.2, 0.25) is 5.91 Å². The van der Waals surface area contributed by atoms with Crippen LogP contribution in [0, 0.1) is 17.8 Å². The van der Waals surface area contributed by atoms with Gasteiger partial charge in [0, 0.05) is 48.4 Å². The molecule has 5 rings (SSSR count). The zero-order valence-corrected chi connectivity index (χ0v) is 19.6. The molecule has 2 heterocycles. The van der Waals surface area contributed by atoms with Crippen LogP contribution < -0.4 is 0 Å². The first-order valence-electron chi connectivity index (χ1n) is 12.1. The van der Waals surface area contributed by atoms with Gasteiger partial charge in [-0.15, -0.1) is 0 Å². The molecule has 1 amide bonds. The summed E-state index contributed by atoms with van der Waals surface area (Å²) in [5, 5.41) is 10.7. The lowest BCUT2D eigenvalue weighted by molar-refractivity contribution is -0.131. The quantitative estimate of drug-likeness (QED) is 0.546. The number of benzene rings is 1. The average molecular weight is 458 g/mol. The van der Waals surface area contributed by atoms with Crippen LogP contribution in [0.25, 0.3) is 11.6 Å². The van der Waals surface area contributed by atoms with Gasteiger partial charge in [0.15, 0.2) is 0 Å². The highest BCUT2D eigenvalue weighted by molar-refractivity contribution is 6.06. The van der Waals surface area contributed by atoms with Crippen molar-refractivity contribution in [2.24, 2.45) is 27.7 Å². The van der Waals surface area contributed by atoms with Gasteiger partial charge in [0.1, 0.15) is 5.84 Å². The second kappa shape index (κ2) is 9.65. The number of ether oxygens (including phenoxy) is 1. The van der Waals surface area contributed by atoms with E-state index in [4.69, 9.17) is 9.73 Å². The van der Waals surface area contributed by atoms with Crippen LogP contribution >= 0.6 is 0 Å². The Morgan fingerprint density at radius 1 is 1.26 bits per heavy atom. The van der Waals surface area contributed by atoms with Crippen LogP contribution in [-0.4, -0.2) is 60.9 Å². The molecule has 34 heavy (non-hydrogen) atoms. The van der Waals surface area contributed by atoms with E-state index in [2.05, 4.69) is 55.1 Å². The first-order valence-corrected chi connectivity index (χ1v) is 12.1. The van der Waals surface area contributed by atoms with Gasteiger partial charge in [-0.1, -0.05) is 49.4 Å². The number of hydrogen-bond donors (Lipinski definition) is 1. The van der Waals surface area contributed by atoms with E-state index in [1.165, 1.54) is 0 Å². The molecule has 0 radical (unpaired) electrons. The summed E-state index contributed by atoms with van der Waals surface area (Å²) in [5.74, 6) is 1.07. The maximum absolute atomic E-state index is 13.1. The highest BCUT2D eigenvalue weighted by Crippen LogP contribution is 2.39. The molecule has 0 aromatic heterocycles. The predicted octanol–water partition coefficient (Wildman–Crippen LogP) is 4.21. The molecule has 4 atom stereocenters. The first-order chi connectivity index (χ1) is 16.6. The van der Waals surface area contributed by atoms with E-state index in [0.29, 0.717) is 44.1 Å². The van der Waals surface area contributed by atoms with Gasteiger partial charge in [-0.2, -0.15) is 0 Å². The fraction of sp³-hybridized carbons (Fsp3) is 0.393. The third-order valence-electron chi connectivity index (χ3n) is 7.25. The van der Waals surface area contributed by atoms with Crippen molar-refractivity contribution in [1.29, 1.82) is 0 Å². The zero-order chi connectivity index (χ0) is 23.7. The molecule has 3 unspecified atom stereocenters. The number of carbonyl (C=O) groups is 1. The van der Waals surface area contributed by atoms with Gasteiger partial charge in [-0.3, -0.25) is 4.79 Å². The fourth-order valence-electron chi connectivity index (χ4n) is 5.21. The molecule has 1 saturated heterocycles. The number of fused-ring (bicyclic) bond motifs is 2. The summed E-state index contributed by atoms with van der Waals surface area (Å²) >= 11 is 0. The SMILES string of the molecule is C=NC1=Nc2cc(C3=CC4C=C[C@@H](CC)C(O)C4C=C3)ccc2C=C(C(=O)N2CCOCC2)C1. The van der Waals surface area contributed by atoms with Crippen molar-refractivity contribution in [3.05, 3.63) is 65.3 Å². The van der Waals surface area contributed by atoms with E-state index >= 15 is 0 Å². The summed E-state index contributed by atoms with van der Waals surface area (Å²) in [6.07, 6.45) is 13.7. The number of aliphatic hydroxyl groups excluding tert-OH is 1. The molecule has 2 aliphatic heterocycles. The Morgan fingerprint density at radius 2 is 2.09 bits per heavy atom. The highest BCUT2D eigenvalue weighted by Gasteiger charge is 2.33. The molecule has 2 aliphatic carbocycles. The lowest BCUT2D eigenvalue weighted by Crippen LogP contribution is -2.41. The van der Waals surface area contributed by atoms with E-state index < -0.39 is 0 Å². The summed E-state index contributed by atoms with van der Waals surface area (Å²) in [4.78, 5) is 23.8. The van der Waals surface area contributed by atoms with E-state index in [1.807, 2.05) is 23.1 Å². The normalized spacial score (nSPS) is 28.2. The van der Waals surface area contributed by atoms with Crippen molar-refractivity contribution in [3.63, 3.8) is 0 Å². The summed E-state index contributed by atoms with van der Waals surface area (Å²) in [5.41, 5.74) is 4.52. The highest BCUT2D eigenvalue weighted by atomic mass is 16.5. The molecule has 1 aromatic carbocycles. The van der Waals surface area contributed by atoms with Crippen LogP contribution in [0.1, 0.15) is 30.9 Å². The minimum atomic E-state index is -0.348. The molecule has 1 N–H and O–H groups in total. The topological polar surface area (TPSA) is 74.5 Å². The van der Waals surface area contributed by atoms with Crippen LogP contribution in [0.15, 0.2) is 64.1 Å². The number of nitrogens with zero attached hydrogens (tertiary/aromatic N) is 3. The molecule has 6 heteroatoms. The smallest absolute Gasteiger partial charge is 0.250 e. The third-order valence-corrected chi connectivity index (χ3v) is 7.25. The van der Waals surface area contributed by atoms with E-state index in [-0.39, 0.29) is 29.8 Å². The van der Waals surface area contributed by atoms with E-state index in [1.54, 1.807) is 0 Å². The number of hydrogen-bond acceptors (Lipinski definition) is 5. The number of aliphatic hydroxyl groups is 1. The Bertz CT molecular complexity index is 1140.